The molecule has 1 aliphatic heterocycles. The fourth-order valence-electron chi connectivity index (χ4n) is 2.41. The van der Waals surface area contributed by atoms with Gasteiger partial charge < -0.3 is 5.32 Å². The summed E-state index contributed by atoms with van der Waals surface area (Å²) < 4.78 is 1.28. The highest BCUT2D eigenvalue weighted by molar-refractivity contribution is 9.10. The lowest BCUT2D eigenvalue weighted by molar-refractivity contribution is 0.349. The van der Waals surface area contributed by atoms with Crippen molar-refractivity contribution in [3.8, 4) is 0 Å². The zero-order valence-corrected chi connectivity index (χ0v) is 11.0. The average molecular weight is 268 g/mol. The molecular weight excluding hydrogens is 250 g/mol. The Kier molecular flexibility index (Phi) is 3.47. The van der Waals surface area contributed by atoms with E-state index in [1.807, 2.05) is 0 Å². The Labute approximate surface area is 100 Å². The first-order valence-corrected chi connectivity index (χ1v) is 6.44. The van der Waals surface area contributed by atoms with Gasteiger partial charge in [0.1, 0.15) is 0 Å². The maximum absolute atomic E-state index is 3.69. The van der Waals surface area contributed by atoms with Gasteiger partial charge in [-0.2, -0.15) is 0 Å². The third-order valence-corrected chi connectivity index (χ3v) is 4.03. The van der Waals surface area contributed by atoms with E-state index in [0.717, 1.165) is 19.0 Å². The van der Waals surface area contributed by atoms with Gasteiger partial charge in [-0.05, 0) is 55.5 Å². The van der Waals surface area contributed by atoms with Gasteiger partial charge in [0.15, 0.2) is 0 Å². The minimum Gasteiger partial charge on any atom is -0.316 e. The number of benzene rings is 1. The molecule has 0 amide bonds. The van der Waals surface area contributed by atoms with Crippen molar-refractivity contribution in [3.05, 3.63) is 33.8 Å². The molecule has 0 spiro atoms. The van der Waals surface area contributed by atoms with Crippen LogP contribution in [-0.4, -0.2) is 13.1 Å². The molecule has 0 saturated carbocycles. The quantitative estimate of drug-likeness (QED) is 0.822. The maximum Gasteiger partial charge on any atom is 0.0212 e. The number of nitrogens with one attached hydrogen (secondary N) is 1. The van der Waals surface area contributed by atoms with Crippen LogP contribution >= 0.6 is 15.9 Å². The molecule has 0 radical (unpaired) electrons. The lowest BCUT2D eigenvalue weighted by Crippen LogP contribution is -2.33. The number of piperidine rings is 1. The van der Waals surface area contributed by atoms with E-state index < -0.39 is 0 Å². The van der Waals surface area contributed by atoms with E-state index in [9.17, 15) is 0 Å². The highest BCUT2D eigenvalue weighted by Gasteiger charge is 2.23. The molecule has 2 heteroatoms. The predicted octanol–water partition coefficient (Wildman–Crippen LogP) is 3.47. The summed E-state index contributed by atoms with van der Waals surface area (Å²) in [6.45, 7) is 6.77. The summed E-state index contributed by atoms with van der Waals surface area (Å²) in [4.78, 5) is 0. The lowest BCUT2D eigenvalue weighted by Gasteiger charge is -2.30. The highest BCUT2D eigenvalue weighted by atomic mass is 79.9. The topological polar surface area (TPSA) is 12.0 Å². The fourth-order valence-corrected chi connectivity index (χ4v) is 3.20. The first-order valence-electron chi connectivity index (χ1n) is 5.65. The first-order chi connectivity index (χ1) is 7.18. The maximum atomic E-state index is 3.69. The van der Waals surface area contributed by atoms with Crippen LogP contribution in [0.4, 0.5) is 0 Å². The molecule has 1 aliphatic rings. The van der Waals surface area contributed by atoms with Crippen molar-refractivity contribution in [2.75, 3.05) is 13.1 Å². The van der Waals surface area contributed by atoms with Crippen LogP contribution in [0.3, 0.4) is 0 Å². The smallest absolute Gasteiger partial charge is 0.0212 e. The minimum atomic E-state index is 0.709. The molecule has 0 aliphatic carbocycles. The Bertz CT molecular complexity index is 348. The van der Waals surface area contributed by atoms with Gasteiger partial charge in [-0.3, -0.25) is 0 Å². The van der Waals surface area contributed by atoms with Gasteiger partial charge in [0.05, 0.1) is 0 Å². The molecule has 1 aromatic rings. The molecule has 82 valence electrons. The predicted molar refractivity (Wildman–Crippen MR) is 68.3 cm³/mol. The molecule has 1 fully saturated rings. The zero-order chi connectivity index (χ0) is 10.8. The molecule has 1 aromatic carbocycles. The van der Waals surface area contributed by atoms with E-state index in [-0.39, 0.29) is 0 Å². The summed E-state index contributed by atoms with van der Waals surface area (Å²) in [5.74, 6) is 1.44. The molecule has 1 saturated heterocycles. The Hall–Kier alpha value is -0.340. The SMILES string of the molecule is Cc1ccc(C2CCNCC2C)c(Br)c1. The second kappa shape index (κ2) is 4.67. The van der Waals surface area contributed by atoms with Crippen LogP contribution in [0, 0.1) is 12.8 Å². The Morgan fingerprint density at radius 3 is 2.87 bits per heavy atom. The van der Waals surface area contributed by atoms with Crippen molar-refractivity contribution in [1.82, 2.24) is 5.32 Å². The molecular formula is C13H18BrN. The Morgan fingerprint density at radius 2 is 2.20 bits per heavy atom. The number of aryl methyl sites for hydroxylation is 1. The number of halogens is 1. The summed E-state index contributed by atoms with van der Waals surface area (Å²) in [5.41, 5.74) is 2.81. The van der Waals surface area contributed by atoms with Crippen LogP contribution in [0.1, 0.15) is 30.4 Å². The van der Waals surface area contributed by atoms with Crippen molar-refractivity contribution in [1.29, 1.82) is 0 Å². The second-order valence-electron chi connectivity index (χ2n) is 4.60. The van der Waals surface area contributed by atoms with Crippen molar-refractivity contribution < 1.29 is 0 Å². The van der Waals surface area contributed by atoms with E-state index in [1.54, 1.807) is 0 Å². The van der Waals surface area contributed by atoms with Crippen molar-refractivity contribution >= 4 is 15.9 Å². The summed E-state index contributed by atoms with van der Waals surface area (Å²) >= 11 is 3.69. The number of hydrogen-bond acceptors (Lipinski definition) is 1. The first kappa shape index (κ1) is 11.2. The molecule has 15 heavy (non-hydrogen) atoms. The van der Waals surface area contributed by atoms with Gasteiger partial charge in [-0.1, -0.05) is 35.0 Å². The summed E-state index contributed by atoms with van der Waals surface area (Å²) in [6.07, 6.45) is 1.25. The van der Waals surface area contributed by atoms with Crippen LogP contribution in [-0.2, 0) is 0 Å². The van der Waals surface area contributed by atoms with Crippen LogP contribution in [0.15, 0.2) is 22.7 Å². The van der Waals surface area contributed by atoms with Gasteiger partial charge in [-0.15, -0.1) is 0 Å². The normalized spacial score (nSPS) is 26.6. The number of hydrogen-bond donors (Lipinski definition) is 1. The monoisotopic (exact) mass is 267 g/mol. The van der Waals surface area contributed by atoms with E-state index in [1.165, 1.54) is 22.0 Å². The second-order valence-corrected chi connectivity index (χ2v) is 5.46. The van der Waals surface area contributed by atoms with Crippen LogP contribution in [0.25, 0.3) is 0 Å². The van der Waals surface area contributed by atoms with Gasteiger partial charge >= 0.3 is 0 Å². The summed E-state index contributed by atoms with van der Waals surface area (Å²) in [5, 5.41) is 3.45. The molecule has 0 aromatic heterocycles. The highest BCUT2D eigenvalue weighted by Crippen LogP contribution is 2.34. The molecule has 2 unspecified atom stereocenters. The van der Waals surface area contributed by atoms with Gasteiger partial charge in [-0.25, -0.2) is 0 Å². The van der Waals surface area contributed by atoms with Crippen molar-refractivity contribution in [2.45, 2.75) is 26.2 Å². The lowest BCUT2D eigenvalue weighted by atomic mass is 9.82. The van der Waals surface area contributed by atoms with Crippen molar-refractivity contribution in [2.24, 2.45) is 5.92 Å². The molecule has 1 nitrogen and oxygen atoms in total. The Morgan fingerprint density at radius 1 is 1.40 bits per heavy atom. The molecule has 1 heterocycles. The third kappa shape index (κ3) is 2.43. The van der Waals surface area contributed by atoms with Crippen LogP contribution in [0.2, 0.25) is 0 Å². The van der Waals surface area contributed by atoms with Crippen LogP contribution in [0.5, 0.6) is 0 Å². The molecule has 2 atom stereocenters. The number of rotatable bonds is 1. The minimum absolute atomic E-state index is 0.709. The third-order valence-electron chi connectivity index (χ3n) is 3.34. The van der Waals surface area contributed by atoms with E-state index in [2.05, 4.69) is 53.3 Å². The molecule has 2 rings (SSSR count). The van der Waals surface area contributed by atoms with Gasteiger partial charge in [0.25, 0.3) is 0 Å². The molecule has 1 N–H and O–H groups in total. The average Bonchev–Trinajstić information content (AvgIpc) is 2.20. The Balaban J connectivity index is 2.27. The summed E-state index contributed by atoms with van der Waals surface area (Å²) in [7, 11) is 0. The van der Waals surface area contributed by atoms with E-state index in [4.69, 9.17) is 0 Å². The van der Waals surface area contributed by atoms with Gasteiger partial charge in [0, 0.05) is 4.47 Å². The van der Waals surface area contributed by atoms with Gasteiger partial charge in [0.2, 0.25) is 0 Å². The standard InChI is InChI=1S/C13H18BrN/c1-9-3-4-12(13(14)7-9)11-5-6-15-8-10(11)2/h3-4,7,10-11,15H,5-6,8H2,1-2H3. The summed E-state index contributed by atoms with van der Waals surface area (Å²) in [6, 6.07) is 6.73. The van der Waals surface area contributed by atoms with E-state index in [0.29, 0.717) is 5.92 Å². The van der Waals surface area contributed by atoms with Crippen molar-refractivity contribution in [3.63, 3.8) is 0 Å². The van der Waals surface area contributed by atoms with Crippen LogP contribution < -0.4 is 5.32 Å². The molecule has 0 bridgehead atoms. The largest absolute Gasteiger partial charge is 0.316 e. The van der Waals surface area contributed by atoms with E-state index >= 15 is 0 Å². The zero-order valence-electron chi connectivity index (χ0n) is 9.39. The fraction of sp³-hybridized carbons (Fsp3) is 0.538.